The molecule has 5 rings (SSSR count). The third-order valence-corrected chi connectivity index (χ3v) is 6.47. The minimum absolute atomic E-state index is 0.0541. The monoisotopic (exact) mass is 539 g/mol. The number of methoxy groups -OCH3 is 2. The Kier molecular flexibility index (Phi) is 7.54. The predicted molar refractivity (Wildman–Crippen MR) is 149 cm³/mol. The summed E-state index contributed by atoms with van der Waals surface area (Å²) in [6.45, 7) is 2.47. The Hall–Kier alpha value is -5.05. The summed E-state index contributed by atoms with van der Waals surface area (Å²) in [7, 11) is 3.12. The Labute approximate surface area is 229 Å². The standard InChI is InChI=1S/C31H26FN3O5/c1-4-35-17-24(19-5-7-20(32)8-6-19)31(37)25(18-35)27(36)13-21-9-10-22(16-34-21)40-28-11-12-33-26-15-30(39-3)29(38-2)14-23(26)28/h5-12,14-18H,4,13H2,1-3H3. The van der Waals surface area contributed by atoms with E-state index < -0.39 is 11.2 Å². The Morgan fingerprint density at radius 1 is 0.925 bits per heavy atom. The molecule has 0 aliphatic rings. The zero-order chi connectivity index (χ0) is 28.2. The first kappa shape index (κ1) is 26.6. The van der Waals surface area contributed by atoms with E-state index in [1.165, 1.54) is 30.5 Å². The number of fused-ring (bicyclic) bond motifs is 1. The summed E-state index contributed by atoms with van der Waals surface area (Å²) >= 11 is 0. The maximum atomic E-state index is 13.4. The highest BCUT2D eigenvalue weighted by Gasteiger charge is 2.17. The smallest absolute Gasteiger partial charge is 0.200 e. The highest BCUT2D eigenvalue weighted by atomic mass is 19.1. The van der Waals surface area contributed by atoms with Gasteiger partial charge in [-0.1, -0.05) is 12.1 Å². The highest BCUT2D eigenvalue weighted by Crippen LogP contribution is 2.36. The second-order valence-corrected chi connectivity index (χ2v) is 8.97. The van der Waals surface area contributed by atoms with Crippen molar-refractivity contribution in [3.63, 3.8) is 0 Å². The Balaban J connectivity index is 1.38. The lowest BCUT2D eigenvalue weighted by atomic mass is 10.0. The van der Waals surface area contributed by atoms with Gasteiger partial charge < -0.3 is 18.8 Å². The topological polar surface area (TPSA) is 92.5 Å². The van der Waals surface area contributed by atoms with Crippen LogP contribution >= 0.6 is 0 Å². The number of aromatic nitrogens is 3. The van der Waals surface area contributed by atoms with Gasteiger partial charge >= 0.3 is 0 Å². The van der Waals surface area contributed by atoms with E-state index in [1.54, 1.807) is 67.7 Å². The zero-order valence-corrected chi connectivity index (χ0v) is 22.2. The van der Waals surface area contributed by atoms with Crippen LogP contribution in [0.3, 0.4) is 0 Å². The number of hydrogen-bond acceptors (Lipinski definition) is 7. The summed E-state index contributed by atoms with van der Waals surface area (Å²) in [5.74, 6) is 1.36. The van der Waals surface area contributed by atoms with E-state index in [1.807, 2.05) is 6.92 Å². The molecule has 3 aromatic heterocycles. The van der Waals surface area contributed by atoms with E-state index in [0.29, 0.717) is 51.9 Å². The van der Waals surface area contributed by atoms with Crippen LogP contribution in [0.4, 0.5) is 4.39 Å². The molecule has 8 nitrogen and oxygen atoms in total. The Morgan fingerprint density at radius 2 is 1.68 bits per heavy atom. The predicted octanol–water partition coefficient (Wildman–Crippen LogP) is 5.85. The van der Waals surface area contributed by atoms with E-state index >= 15 is 0 Å². The Bertz CT molecular complexity index is 1750. The number of carbonyl (C=O) groups excluding carboxylic acids is 1. The van der Waals surface area contributed by atoms with E-state index in [0.717, 1.165) is 5.39 Å². The number of halogens is 1. The number of hydrogen-bond donors (Lipinski definition) is 0. The first-order valence-electron chi connectivity index (χ1n) is 12.6. The number of nitrogens with zero attached hydrogens (tertiary/aromatic N) is 3. The minimum Gasteiger partial charge on any atom is -0.493 e. The summed E-state index contributed by atoms with van der Waals surface area (Å²) in [6.07, 6.45) is 6.31. The fourth-order valence-corrected chi connectivity index (χ4v) is 4.35. The van der Waals surface area contributed by atoms with E-state index in [4.69, 9.17) is 14.2 Å². The van der Waals surface area contributed by atoms with Crippen molar-refractivity contribution in [2.24, 2.45) is 0 Å². The number of rotatable bonds is 9. The van der Waals surface area contributed by atoms with Gasteiger partial charge in [-0.3, -0.25) is 19.6 Å². The summed E-state index contributed by atoms with van der Waals surface area (Å²) in [4.78, 5) is 35.2. The van der Waals surface area contributed by atoms with Crippen LogP contribution in [-0.4, -0.2) is 34.5 Å². The van der Waals surface area contributed by atoms with Gasteiger partial charge in [-0.05, 0) is 48.9 Å². The number of carbonyl (C=O) groups is 1. The van der Waals surface area contributed by atoms with Gasteiger partial charge in [-0.2, -0.15) is 0 Å². The van der Waals surface area contributed by atoms with E-state index in [9.17, 15) is 14.0 Å². The molecular weight excluding hydrogens is 513 g/mol. The second kappa shape index (κ2) is 11.4. The van der Waals surface area contributed by atoms with Crippen molar-refractivity contribution in [2.75, 3.05) is 14.2 Å². The summed E-state index contributed by atoms with van der Waals surface area (Å²) in [6, 6.07) is 14.3. The van der Waals surface area contributed by atoms with Crippen molar-refractivity contribution in [1.29, 1.82) is 0 Å². The molecule has 0 amide bonds. The molecule has 202 valence electrons. The molecule has 0 aliphatic carbocycles. The molecular formula is C31H26FN3O5. The Morgan fingerprint density at radius 3 is 2.35 bits per heavy atom. The van der Waals surface area contributed by atoms with Crippen LogP contribution < -0.4 is 19.6 Å². The molecule has 40 heavy (non-hydrogen) atoms. The lowest BCUT2D eigenvalue weighted by molar-refractivity contribution is 0.0990. The quantitative estimate of drug-likeness (QED) is 0.217. The van der Waals surface area contributed by atoms with Gasteiger partial charge in [0.1, 0.15) is 17.3 Å². The third kappa shape index (κ3) is 5.40. The van der Waals surface area contributed by atoms with E-state index in [2.05, 4.69) is 9.97 Å². The lowest BCUT2D eigenvalue weighted by Gasteiger charge is -2.12. The van der Waals surface area contributed by atoms with Crippen LogP contribution in [0.1, 0.15) is 23.0 Å². The maximum Gasteiger partial charge on any atom is 0.200 e. The van der Waals surface area contributed by atoms with Gasteiger partial charge in [0.05, 0.1) is 37.9 Å². The number of ether oxygens (including phenoxy) is 3. The molecule has 5 aromatic rings. The zero-order valence-electron chi connectivity index (χ0n) is 22.2. The molecule has 0 spiro atoms. The van der Waals surface area contributed by atoms with Crippen molar-refractivity contribution >= 4 is 16.7 Å². The van der Waals surface area contributed by atoms with Crippen molar-refractivity contribution < 1.29 is 23.4 Å². The van der Waals surface area contributed by atoms with Crippen molar-refractivity contribution in [2.45, 2.75) is 19.9 Å². The van der Waals surface area contributed by atoms with Gasteiger partial charge in [0.2, 0.25) is 0 Å². The average Bonchev–Trinajstić information content (AvgIpc) is 2.98. The highest BCUT2D eigenvalue weighted by molar-refractivity contribution is 5.98. The molecule has 9 heteroatoms. The van der Waals surface area contributed by atoms with Gasteiger partial charge in [0.25, 0.3) is 0 Å². The van der Waals surface area contributed by atoms with Crippen LogP contribution in [0.15, 0.2) is 84.2 Å². The molecule has 2 aromatic carbocycles. The SMILES string of the molecule is CCn1cc(C(=O)Cc2ccc(Oc3ccnc4cc(OC)c(OC)cc34)cn2)c(=O)c(-c2ccc(F)cc2)c1. The second-order valence-electron chi connectivity index (χ2n) is 8.97. The summed E-state index contributed by atoms with van der Waals surface area (Å²) < 4.78 is 32.0. The fraction of sp³-hybridized carbons (Fsp3) is 0.161. The number of Topliss-reactive ketones (excluding diaryl/α,β-unsaturated/α-hetero) is 1. The van der Waals surface area contributed by atoms with Gasteiger partial charge in [0, 0.05) is 47.8 Å². The molecule has 0 N–H and O–H groups in total. The normalized spacial score (nSPS) is 10.9. The van der Waals surface area contributed by atoms with Gasteiger partial charge in [-0.25, -0.2) is 4.39 Å². The van der Waals surface area contributed by atoms with Crippen LogP contribution in [0.25, 0.3) is 22.0 Å². The van der Waals surface area contributed by atoms with Crippen LogP contribution in [0.5, 0.6) is 23.0 Å². The van der Waals surface area contributed by atoms with Crippen molar-refractivity contribution in [3.05, 3.63) is 107 Å². The van der Waals surface area contributed by atoms with E-state index in [-0.39, 0.29) is 17.8 Å². The first-order valence-corrected chi connectivity index (χ1v) is 12.6. The number of benzene rings is 2. The minimum atomic E-state index is -0.405. The molecule has 0 saturated heterocycles. The van der Waals surface area contributed by atoms with Gasteiger partial charge in [-0.15, -0.1) is 0 Å². The largest absolute Gasteiger partial charge is 0.493 e. The third-order valence-electron chi connectivity index (χ3n) is 6.47. The maximum absolute atomic E-state index is 13.4. The number of pyridine rings is 3. The fourth-order valence-electron chi connectivity index (χ4n) is 4.35. The van der Waals surface area contributed by atoms with Crippen LogP contribution in [0.2, 0.25) is 0 Å². The number of aryl methyl sites for hydroxylation is 1. The molecule has 0 saturated carbocycles. The summed E-state index contributed by atoms with van der Waals surface area (Å²) in [5, 5.41) is 0.729. The molecule has 0 aliphatic heterocycles. The molecule has 0 atom stereocenters. The van der Waals surface area contributed by atoms with Crippen LogP contribution in [0, 0.1) is 5.82 Å². The molecule has 0 bridgehead atoms. The lowest BCUT2D eigenvalue weighted by Crippen LogP contribution is -2.21. The number of ketones is 1. The molecule has 0 fully saturated rings. The molecule has 0 unspecified atom stereocenters. The molecule has 0 radical (unpaired) electrons. The average molecular weight is 540 g/mol. The van der Waals surface area contributed by atoms with Crippen molar-refractivity contribution in [1.82, 2.24) is 14.5 Å². The van der Waals surface area contributed by atoms with Gasteiger partial charge in [0.15, 0.2) is 22.7 Å². The van der Waals surface area contributed by atoms with Crippen LogP contribution in [-0.2, 0) is 13.0 Å². The summed E-state index contributed by atoms with van der Waals surface area (Å²) in [5.41, 5.74) is 1.69. The van der Waals surface area contributed by atoms with Crippen molar-refractivity contribution in [3.8, 4) is 34.1 Å². The molecule has 3 heterocycles. The first-order chi connectivity index (χ1) is 19.4.